The van der Waals surface area contributed by atoms with Crippen molar-refractivity contribution in [3.63, 3.8) is 0 Å². The van der Waals surface area contributed by atoms with E-state index in [0.29, 0.717) is 6.54 Å². The molecule has 0 bridgehead atoms. The van der Waals surface area contributed by atoms with Crippen LogP contribution in [-0.2, 0) is 0 Å². The fourth-order valence-electron chi connectivity index (χ4n) is 1.42. The van der Waals surface area contributed by atoms with Gasteiger partial charge in [0.15, 0.2) is 0 Å². The van der Waals surface area contributed by atoms with Crippen molar-refractivity contribution in [1.29, 1.82) is 0 Å². The van der Waals surface area contributed by atoms with Gasteiger partial charge in [0.05, 0.1) is 4.92 Å². The maximum absolute atomic E-state index is 11.8. The fraction of sp³-hybridized carbons (Fsp3) is 0.417. The molecule has 0 unspecified atom stereocenters. The number of thioether (sulfide) groups is 1. The Bertz CT molecular complexity index is 468. The number of nitro benzene ring substituents is 1. The van der Waals surface area contributed by atoms with Crippen molar-refractivity contribution >= 4 is 35.0 Å². The lowest BCUT2D eigenvalue weighted by Gasteiger charge is -2.05. The number of nitro groups is 1. The molecule has 1 N–H and O–H groups in total. The lowest BCUT2D eigenvalue weighted by molar-refractivity contribution is -0.384. The third-order valence-electron chi connectivity index (χ3n) is 2.36. The third kappa shape index (κ3) is 5.08. The van der Waals surface area contributed by atoms with Crippen LogP contribution in [0.4, 0.5) is 5.69 Å². The fourth-order valence-corrected chi connectivity index (χ4v) is 2.24. The average molecular weight is 303 g/mol. The third-order valence-corrected chi connectivity index (χ3v) is 3.67. The zero-order valence-corrected chi connectivity index (χ0v) is 12.1. The van der Waals surface area contributed by atoms with E-state index in [2.05, 4.69) is 12.2 Å². The summed E-state index contributed by atoms with van der Waals surface area (Å²) in [6, 6.07) is 4.03. The number of hydrogen-bond donors (Lipinski definition) is 1. The van der Waals surface area contributed by atoms with Gasteiger partial charge in [-0.1, -0.05) is 18.5 Å². The second-order valence-electron chi connectivity index (χ2n) is 3.73. The number of nitrogens with zero attached hydrogens (tertiary/aromatic N) is 1. The molecule has 0 aliphatic heterocycles. The highest BCUT2D eigenvalue weighted by molar-refractivity contribution is 7.99. The molecular weight excluding hydrogens is 288 g/mol. The number of hydrogen-bond acceptors (Lipinski definition) is 4. The molecule has 0 radical (unpaired) electrons. The highest BCUT2D eigenvalue weighted by atomic mass is 35.5. The topological polar surface area (TPSA) is 72.2 Å². The monoisotopic (exact) mass is 302 g/mol. The van der Waals surface area contributed by atoms with Gasteiger partial charge in [-0.2, -0.15) is 11.8 Å². The van der Waals surface area contributed by atoms with Gasteiger partial charge >= 0.3 is 0 Å². The molecule has 104 valence electrons. The number of carbonyl (C=O) groups excluding carboxylic acids is 1. The molecule has 0 aromatic heterocycles. The van der Waals surface area contributed by atoms with Gasteiger partial charge in [0.25, 0.3) is 11.6 Å². The highest BCUT2D eigenvalue weighted by Crippen LogP contribution is 2.24. The summed E-state index contributed by atoms with van der Waals surface area (Å²) < 4.78 is 0. The first kappa shape index (κ1) is 15.8. The van der Waals surface area contributed by atoms with E-state index in [0.717, 1.165) is 17.9 Å². The molecule has 0 atom stereocenters. The Hall–Kier alpha value is -1.27. The molecule has 1 amide bonds. The summed E-state index contributed by atoms with van der Waals surface area (Å²) in [5, 5.41) is 13.5. The molecular formula is C12H15ClN2O3S. The SMILES string of the molecule is CCSCCCNC(=O)c1ccc(Cl)c([N+](=O)[O-])c1. The van der Waals surface area contributed by atoms with Crippen LogP contribution in [0.3, 0.4) is 0 Å². The minimum atomic E-state index is -0.600. The van der Waals surface area contributed by atoms with E-state index in [1.54, 1.807) is 11.8 Å². The summed E-state index contributed by atoms with van der Waals surface area (Å²) >= 11 is 7.49. The molecule has 0 spiro atoms. The van der Waals surface area contributed by atoms with Gasteiger partial charge in [-0.15, -0.1) is 0 Å². The van der Waals surface area contributed by atoms with Crippen LogP contribution in [0.2, 0.25) is 5.02 Å². The first-order chi connectivity index (χ1) is 9.06. The van der Waals surface area contributed by atoms with Gasteiger partial charge in [0.1, 0.15) is 5.02 Å². The van der Waals surface area contributed by atoms with Crippen molar-refractivity contribution in [3.05, 3.63) is 38.9 Å². The molecule has 1 aromatic rings. The number of amides is 1. The Morgan fingerprint density at radius 1 is 1.53 bits per heavy atom. The summed E-state index contributed by atoms with van der Waals surface area (Å²) in [7, 11) is 0. The summed E-state index contributed by atoms with van der Waals surface area (Å²) in [6.45, 7) is 2.64. The lowest BCUT2D eigenvalue weighted by atomic mass is 10.2. The molecule has 0 saturated heterocycles. The van der Waals surface area contributed by atoms with Crippen molar-refractivity contribution in [1.82, 2.24) is 5.32 Å². The summed E-state index contributed by atoms with van der Waals surface area (Å²) in [4.78, 5) is 21.9. The van der Waals surface area contributed by atoms with Gasteiger partial charge in [-0.25, -0.2) is 0 Å². The standard InChI is InChI=1S/C12H15ClN2O3S/c1-2-19-7-3-6-14-12(16)9-4-5-10(13)11(8-9)15(17)18/h4-5,8H,2-3,6-7H2,1H3,(H,14,16). The van der Waals surface area contributed by atoms with E-state index in [1.807, 2.05) is 0 Å². The molecule has 0 aliphatic rings. The first-order valence-corrected chi connectivity index (χ1v) is 7.39. The maximum Gasteiger partial charge on any atom is 0.288 e. The van der Waals surface area contributed by atoms with Crippen molar-refractivity contribution < 1.29 is 9.72 Å². The molecule has 0 fully saturated rings. The van der Waals surface area contributed by atoms with Crippen LogP contribution in [0.5, 0.6) is 0 Å². The number of carbonyl (C=O) groups is 1. The molecule has 0 saturated carbocycles. The Labute approximate surface area is 120 Å². The van der Waals surface area contributed by atoms with E-state index in [9.17, 15) is 14.9 Å². The Balaban J connectivity index is 2.57. The summed E-state index contributed by atoms with van der Waals surface area (Å²) in [5.41, 5.74) is -0.00454. The van der Waals surface area contributed by atoms with Crippen LogP contribution in [0.1, 0.15) is 23.7 Å². The molecule has 0 heterocycles. The molecule has 1 aromatic carbocycles. The number of halogens is 1. The quantitative estimate of drug-likeness (QED) is 0.477. The Morgan fingerprint density at radius 3 is 2.89 bits per heavy atom. The largest absolute Gasteiger partial charge is 0.352 e. The van der Waals surface area contributed by atoms with Gasteiger partial charge in [0, 0.05) is 18.2 Å². The smallest absolute Gasteiger partial charge is 0.288 e. The normalized spacial score (nSPS) is 10.2. The van der Waals surface area contributed by atoms with Gasteiger partial charge < -0.3 is 5.32 Å². The zero-order valence-electron chi connectivity index (χ0n) is 10.5. The minimum Gasteiger partial charge on any atom is -0.352 e. The molecule has 7 heteroatoms. The average Bonchev–Trinajstić information content (AvgIpc) is 2.38. The van der Waals surface area contributed by atoms with Crippen molar-refractivity contribution in [2.45, 2.75) is 13.3 Å². The Kier molecular flexibility index (Phi) is 6.66. The van der Waals surface area contributed by atoms with Crippen molar-refractivity contribution in [3.8, 4) is 0 Å². The van der Waals surface area contributed by atoms with E-state index in [-0.39, 0.29) is 22.2 Å². The van der Waals surface area contributed by atoms with Crippen LogP contribution < -0.4 is 5.32 Å². The van der Waals surface area contributed by atoms with Crippen LogP contribution >= 0.6 is 23.4 Å². The first-order valence-electron chi connectivity index (χ1n) is 5.86. The second-order valence-corrected chi connectivity index (χ2v) is 5.53. The number of nitrogens with one attached hydrogen (secondary N) is 1. The highest BCUT2D eigenvalue weighted by Gasteiger charge is 2.15. The van der Waals surface area contributed by atoms with Gasteiger partial charge in [-0.05, 0) is 30.1 Å². The zero-order chi connectivity index (χ0) is 14.3. The number of benzene rings is 1. The van der Waals surface area contributed by atoms with Gasteiger partial charge in [0.2, 0.25) is 0 Å². The maximum atomic E-state index is 11.8. The van der Waals surface area contributed by atoms with Crippen molar-refractivity contribution in [2.24, 2.45) is 0 Å². The molecule has 5 nitrogen and oxygen atoms in total. The summed E-state index contributed by atoms with van der Waals surface area (Å²) in [6.07, 6.45) is 0.875. The van der Waals surface area contributed by atoms with Gasteiger partial charge in [-0.3, -0.25) is 14.9 Å². The van der Waals surface area contributed by atoms with Crippen LogP contribution in [0, 0.1) is 10.1 Å². The van der Waals surface area contributed by atoms with E-state index in [1.165, 1.54) is 18.2 Å². The molecule has 1 rings (SSSR count). The second kappa shape index (κ2) is 8.01. The molecule has 0 aliphatic carbocycles. The van der Waals surface area contributed by atoms with Crippen LogP contribution in [0.25, 0.3) is 0 Å². The lowest BCUT2D eigenvalue weighted by Crippen LogP contribution is -2.24. The number of rotatable bonds is 7. The molecule has 19 heavy (non-hydrogen) atoms. The minimum absolute atomic E-state index is 0.0286. The van der Waals surface area contributed by atoms with Crippen LogP contribution in [0.15, 0.2) is 18.2 Å². The van der Waals surface area contributed by atoms with E-state index in [4.69, 9.17) is 11.6 Å². The van der Waals surface area contributed by atoms with Crippen molar-refractivity contribution in [2.75, 3.05) is 18.1 Å². The van der Waals surface area contributed by atoms with E-state index >= 15 is 0 Å². The van der Waals surface area contributed by atoms with E-state index < -0.39 is 4.92 Å². The van der Waals surface area contributed by atoms with Crippen LogP contribution in [-0.4, -0.2) is 28.9 Å². The predicted octanol–water partition coefficient (Wildman–Crippen LogP) is 3.12. The Morgan fingerprint density at radius 2 is 2.26 bits per heavy atom. The predicted molar refractivity (Wildman–Crippen MR) is 78.1 cm³/mol. The summed E-state index contributed by atoms with van der Waals surface area (Å²) in [5.74, 6) is 1.72.